The van der Waals surface area contributed by atoms with Gasteiger partial charge in [-0.05, 0) is 25.3 Å². The van der Waals surface area contributed by atoms with E-state index in [-0.39, 0.29) is 11.5 Å². The highest BCUT2D eigenvalue weighted by Crippen LogP contribution is 2.23. The molecule has 13 heavy (non-hydrogen) atoms. The van der Waals surface area contributed by atoms with Crippen molar-refractivity contribution < 1.29 is 4.79 Å². The molecule has 1 atom stereocenters. The molecule has 0 heterocycles. The Morgan fingerprint density at radius 2 is 2.08 bits per heavy atom. The van der Waals surface area contributed by atoms with Crippen LogP contribution in [0.4, 0.5) is 0 Å². The van der Waals surface area contributed by atoms with E-state index >= 15 is 0 Å². The Balaban J connectivity index is 2.47. The second-order valence-electron chi connectivity index (χ2n) is 5.35. The van der Waals surface area contributed by atoms with E-state index < -0.39 is 0 Å². The number of hydrogen-bond donors (Lipinski definition) is 0. The number of likely N-dealkylation sites (N-methyl/N-ethyl adjacent to an activating group) is 1. The molecule has 0 aromatic rings. The van der Waals surface area contributed by atoms with Gasteiger partial charge in [-0.3, -0.25) is 9.69 Å². The molecule has 2 nitrogen and oxygen atoms in total. The first-order valence-electron chi connectivity index (χ1n) is 5.13. The standard InChI is InChI=1S/C11H21NO/c1-11(2,3)8-12(4)9-6-5-7-10(9)13/h9H,5-8H2,1-4H3. The van der Waals surface area contributed by atoms with Crippen LogP contribution in [0.25, 0.3) is 0 Å². The van der Waals surface area contributed by atoms with Gasteiger partial charge in [0.2, 0.25) is 0 Å². The second-order valence-corrected chi connectivity index (χ2v) is 5.35. The summed E-state index contributed by atoms with van der Waals surface area (Å²) < 4.78 is 0. The summed E-state index contributed by atoms with van der Waals surface area (Å²) in [6.45, 7) is 7.64. The summed E-state index contributed by atoms with van der Waals surface area (Å²) in [6.07, 6.45) is 2.93. The monoisotopic (exact) mass is 183 g/mol. The maximum Gasteiger partial charge on any atom is 0.149 e. The Bertz CT molecular complexity index is 193. The van der Waals surface area contributed by atoms with Gasteiger partial charge in [-0.15, -0.1) is 0 Å². The Kier molecular flexibility index (Phi) is 3.12. The number of ketones is 1. The molecule has 0 spiro atoms. The molecule has 76 valence electrons. The highest BCUT2D eigenvalue weighted by molar-refractivity contribution is 5.85. The molecule has 0 aromatic heterocycles. The maximum atomic E-state index is 11.5. The largest absolute Gasteiger partial charge is 0.298 e. The molecule has 1 aliphatic rings. The zero-order valence-electron chi connectivity index (χ0n) is 9.26. The van der Waals surface area contributed by atoms with Crippen molar-refractivity contribution in [3.05, 3.63) is 0 Å². The highest BCUT2D eigenvalue weighted by atomic mass is 16.1. The highest BCUT2D eigenvalue weighted by Gasteiger charge is 2.29. The van der Waals surface area contributed by atoms with Crippen LogP contribution in [0, 0.1) is 5.41 Å². The number of nitrogens with zero attached hydrogens (tertiary/aromatic N) is 1. The van der Waals surface area contributed by atoms with Gasteiger partial charge in [0.05, 0.1) is 6.04 Å². The SMILES string of the molecule is CN(CC(C)(C)C)C1CCCC1=O. The predicted octanol–water partition coefficient (Wildman–Crippen LogP) is 2.09. The minimum Gasteiger partial charge on any atom is -0.298 e. The van der Waals surface area contributed by atoms with Crippen LogP contribution >= 0.6 is 0 Å². The van der Waals surface area contributed by atoms with E-state index in [2.05, 4.69) is 32.7 Å². The topological polar surface area (TPSA) is 20.3 Å². The Hall–Kier alpha value is -0.370. The average molecular weight is 183 g/mol. The summed E-state index contributed by atoms with van der Waals surface area (Å²) in [6, 6.07) is 0.208. The van der Waals surface area contributed by atoms with Crippen molar-refractivity contribution in [2.24, 2.45) is 5.41 Å². The summed E-state index contributed by atoms with van der Waals surface area (Å²) in [4.78, 5) is 13.7. The number of carbonyl (C=O) groups is 1. The fraction of sp³-hybridized carbons (Fsp3) is 0.909. The van der Waals surface area contributed by atoms with Crippen LogP contribution in [0.2, 0.25) is 0 Å². The van der Waals surface area contributed by atoms with E-state index in [9.17, 15) is 4.79 Å². The van der Waals surface area contributed by atoms with Gasteiger partial charge in [-0.2, -0.15) is 0 Å². The van der Waals surface area contributed by atoms with Gasteiger partial charge in [0.25, 0.3) is 0 Å². The maximum absolute atomic E-state index is 11.5. The smallest absolute Gasteiger partial charge is 0.149 e. The van der Waals surface area contributed by atoms with Crippen molar-refractivity contribution >= 4 is 5.78 Å². The van der Waals surface area contributed by atoms with E-state index in [1.54, 1.807) is 0 Å². The Morgan fingerprint density at radius 1 is 1.46 bits per heavy atom. The lowest BCUT2D eigenvalue weighted by Gasteiger charge is -2.30. The molecule has 1 unspecified atom stereocenters. The fourth-order valence-corrected chi connectivity index (χ4v) is 2.12. The molecular formula is C11H21NO. The van der Waals surface area contributed by atoms with Crippen LogP contribution in [0.5, 0.6) is 0 Å². The van der Waals surface area contributed by atoms with Crippen molar-refractivity contribution in [3.8, 4) is 0 Å². The van der Waals surface area contributed by atoms with Crippen LogP contribution in [-0.2, 0) is 4.79 Å². The molecule has 0 aromatic carbocycles. The first-order valence-corrected chi connectivity index (χ1v) is 5.13. The third-order valence-corrected chi connectivity index (χ3v) is 2.53. The molecule has 1 saturated carbocycles. The van der Waals surface area contributed by atoms with E-state index in [1.165, 1.54) is 0 Å². The summed E-state index contributed by atoms with van der Waals surface area (Å²) in [5.41, 5.74) is 0.289. The Labute approximate surface area is 81.3 Å². The quantitative estimate of drug-likeness (QED) is 0.653. The third-order valence-electron chi connectivity index (χ3n) is 2.53. The number of rotatable bonds is 2. The molecule has 0 radical (unpaired) electrons. The lowest BCUT2D eigenvalue weighted by atomic mass is 9.95. The molecule has 1 aliphatic carbocycles. The zero-order valence-corrected chi connectivity index (χ0v) is 9.26. The summed E-state index contributed by atoms with van der Waals surface area (Å²) in [5, 5.41) is 0. The van der Waals surface area contributed by atoms with Crippen molar-refractivity contribution in [2.45, 2.75) is 46.1 Å². The van der Waals surface area contributed by atoms with E-state index in [0.717, 1.165) is 25.8 Å². The van der Waals surface area contributed by atoms with Crippen molar-refractivity contribution in [3.63, 3.8) is 0 Å². The molecule has 1 fully saturated rings. The lowest BCUT2D eigenvalue weighted by Crippen LogP contribution is -2.40. The van der Waals surface area contributed by atoms with Gasteiger partial charge < -0.3 is 0 Å². The van der Waals surface area contributed by atoms with Crippen molar-refractivity contribution in [1.29, 1.82) is 0 Å². The first kappa shape index (κ1) is 10.7. The minimum atomic E-state index is 0.208. The molecular weight excluding hydrogens is 162 g/mol. The predicted molar refractivity (Wildman–Crippen MR) is 54.7 cm³/mol. The Morgan fingerprint density at radius 3 is 2.46 bits per heavy atom. The first-order chi connectivity index (χ1) is 5.90. The zero-order chi connectivity index (χ0) is 10.1. The van der Waals surface area contributed by atoms with Gasteiger partial charge in [-0.1, -0.05) is 20.8 Å². The summed E-state index contributed by atoms with van der Waals surface area (Å²) in [5.74, 6) is 0.437. The molecule has 0 aliphatic heterocycles. The van der Waals surface area contributed by atoms with Crippen LogP contribution in [0.15, 0.2) is 0 Å². The molecule has 0 amide bonds. The number of carbonyl (C=O) groups excluding carboxylic acids is 1. The third kappa shape index (κ3) is 3.11. The summed E-state index contributed by atoms with van der Waals surface area (Å²) >= 11 is 0. The minimum absolute atomic E-state index is 0.208. The van der Waals surface area contributed by atoms with Crippen LogP contribution in [-0.4, -0.2) is 30.3 Å². The van der Waals surface area contributed by atoms with Crippen LogP contribution < -0.4 is 0 Å². The second kappa shape index (κ2) is 3.79. The van der Waals surface area contributed by atoms with Gasteiger partial charge in [0.15, 0.2) is 0 Å². The van der Waals surface area contributed by atoms with Crippen LogP contribution in [0.3, 0.4) is 0 Å². The van der Waals surface area contributed by atoms with E-state index in [4.69, 9.17) is 0 Å². The lowest BCUT2D eigenvalue weighted by molar-refractivity contribution is -0.121. The van der Waals surface area contributed by atoms with Gasteiger partial charge in [0.1, 0.15) is 5.78 Å². The van der Waals surface area contributed by atoms with Crippen molar-refractivity contribution in [2.75, 3.05) is 13.6 Å². The van der Waals surface area contributed by atoms with Crippen molar-refractivity contribution in [1.82, 2.24) is 4.90 Å². The van der Waals surface area contributed by atoms with E-state index in [0.29, 0.717) is 5.78 Å². The molecule has 0 N–H and O–H groups in total. The molecule has 0 saturated heterocycles. The fourth-order valence-electron chi connectivity index (χ4n) is 2.12. The average Bonchev–Trinajstić information content (AvgIpc) is 2.30. The summed E-state index contributed by atoms with van der Waals surface area (Å²) in [7, 11) is 2.07. The van der Waals surface area contributed by atoms with E-state index in [1.807, 2.05) is 0 Å². The normalized spacial score (nSPS) is 24.4. The van der Waals surface area contributed by atoms with Gasteiger partial charge >= 0.3 is 0 Å². The number of Topliss-reactive ketones (excluding diaryl/α,β-unsaturated/α-hetero) is 1. The van der Waals surface area contributed by atoms with Crippen LogP contribution in [0.1, 0.15) is 40.0 Å². The molecule has 2 heteroatoms. The molecule has 1 rings (SSSR count). The van der Waals surface area contributed by atoms with Gasteiger partial charge in [0, 0.05) is 13.0 Å². The van der Waals surface area contributed by atoms with Gasteiger partial charge in [-0.25, -0.2) is 0 Å². The number of hydrogen-bond acceptors (Lipinski definition) is 2. The molecule has 0 bridgehead atoms.